The Morgan fingerprint density at radius 1 is 1.17 bits per heavy atom. The number of benzene rings is 1. The zero-order chi connectivity index (χ0) is 12.5. The summed E-state index contributed by atoms with van der Waals surface area (Å²) >= 11 is 0. The zero-order valence-electron chi connectivity index (χ0n) is 10.1. The van der Waals surface area contributed by atoms with Crippen molar-refractivity contribution in [3.63, 3.8) is 0 Å². The van der Waals surface area contributed by atoms with Crippen LogP contribution in [0.4, 0.5) is 0 Å². The summed E-state index contributed by atoms with van der Waals surface area (Å²) in [5.41, 5.74) is 8.84. The molecule has 1 heterocycles. The Balaban J connectivity index is 1.92. The Bertz CT molecular complexity index is 598. The molecule has 92 valence electrons. The lowest BCUT2D eigenvalue weighted by Gasteiger charge is -2.02. The first kappa shape index (κ1) is 11.2. The average Bonchev–Trinajstić information content (AvgIpc) is 3.05. The van der Waals surface area contributed by atoms with Crippen molar-refractivity contribution in [1.82, 2.24) is 0 Å². The number of ketones is 1. The second-order valence-electron chi connectivity index (χ2n) is 4.64. The summed E-state index contributed by atoms with van der Waals surface area (Å²) in [5, 5.41) is 0. The van der Waals surface area contributed by atoms with Gasteiger partial charge in [0.1, 0.15) is 5.76 Å². The number of rotatable bonds is 3. The van der Waals surface area contributed by atoms with Crippen LogP contribution in [0.3, 0.4) is 0 Å². The summed E-state index contributed by atoms with van der Waals surface area (Å²) in [6.45, 7) is 0.317. The highest BCUT2D eigenvalue weighted by Gasteiger charge is 2.17. The largest absolute Gasteiger partial charge is 0.456 e. The van der Waals surface area contributed by atoms with Crippen LogP contribution in [0.25, 0.3) is 0 Å². The summed E-state index contributed by atoms with van der Waals surface area (Å²) in [6.07, 6.45) is 3.38. The molecule has 1 aliphatic carbocycles. The van der Waals surface area contributed by atoms with E-state index in [9.17, 15) is 4.79 Å². The summed E-state index contributed by atoms with van der Waals surface area (Å²) in [4.78, 5) is 12.2. The molecule has 2 aromatic rings. The average molecular weight is 241 g/mol. The van der Waals surface area contributed by atoms with Gasteiger partial charge in [0.25, 0.3) is 0 Å². The Kier molecular flexibility index (Phi) is 2.76. The first-order valence-corrected chi connectivity index (χ1v) is 6.23. The highest BCUT2D eigenvalue weighted by atomic mass is 16.3. The highest BCUT2D eigenvalue weighted by molar-refractivity contribution is 6.07. The van der Waals surface area contributed by atoms with Gasteiger partial charge < -0.3 is 10.2 Å². The Labute approximate surface area is 106 Å². The van der Waals surface area contributed by atoms with E-state index in [0.29, 0.717) is 23.6 Å². The van der Waals surface area contributed by atoms with Gasteiger partial charge in [-0.3, -0.25) is 4.79 Å². The van der Waals surface area contributed by atoms with Crippen LogP contribution >= 0.6 is 0 Å². The van der Waals surface area contributed by atoms with E-state index in [2.05, 4.69) is 6.07 Å². The molecule has 0 amide bonds. The maximum atomic E-state index is 12.2. The van der Waals surface area contributed by atoms with Crippen molar-refractivity contribution in [2.45, 2.75) is 25.8 Å². The minimum atomic E-state index is -0.0654. The topological polar surface area (TPSA) is 56.2 Å². The minimum Gasteiger partial charge on any atom is -0.456 e. The van der Waals surface area contributed by atoms with Crippen molar-refractivity contribution in [2.24, 2.45) is 5.73 Å². The van der Waals surface area contributed by atoms with Crippen molar-refractivity contribution in [3.05, 3.63) is 58.5 Å². The SMILES string of the molecule is NCc1ccc(C(=O)c2ccc3c(c2)CCC3)o1. The molecule has 0 radical (unpaired) electrons. The molecule has 18 heavy (non-hydrogen) atoms. The number of aryl methyl sites for hydroxylation is 2. The summed E-state index contributed by atoms with van der Waals surface area (Å²) < 4.78 is 5.39. The highest BCUT2D eigenvalue weighted by Crippen LogP contribution is 2.24. The number of nitrogens with two attached hydrogens (primary N) is 1. The van der Waals surface area contributed by atoms with Gasteiger partial charge in [0.15, 0.2) is 5.76 Å². The van der Waals surface area contributed by atoms with Gasteiger partial charge in [-0.2, -0.15) is 0 Å². The van der Waals surface area contributed by atoms with Crippen LogP contribution < -0.4 is 5.73 Å². The fraction of sp³-hybridized carbons (Fsp3) is 0.267. The molecule has 3 rings (SSSR count). The van der Waals surface area contributed by atoms with Crippen LogP contribution in [0.5, 0.6) is 0 Å². The smallest absolute Gasteiger partial charge is 0.228 e. The van der Waals surface area contributed by atoms with Gasteiger partial charge >= 0.3 is 0 Å². The van der Waals surface area contributed by atoms with Gasteiger partial charge in [-0.05, 0) is 48.6 Å². The maximum absolute atomic E-state index is 12.2. The zero-order valence-corrected chi connectivity index (χ0v) is 10.1. The molecule has 0 saturated heterocycles. The second-order valence-corrected chi connectivity index (χ2v) is 4.64. The summed E-state index contributed by atoms with van der Waals surface area (Å²) in [6, 6.07) is 9.38. The Hall–Kier alpha value is -1.87. The molecule has 1 aromatic carbocycles. The van der Waals surface area contributed by atoms with Crippen molar-refractivity contribution in [2.75, 3.05) is 0 Å². The summed E-state index contributed by atoms with van der Waals surface area (Å²) in [7, 11) is 0. The van der Waals surface area contributed by atoms with Gasteiger partial charge in [-0.25, -0.2) is 0 Å². The normalized spacial score (nSPS) is 13.6. The minimum absolute atomic E-state index is 0.0654. The van der Waals surface area contributed by atoms with E-state index in [4.69, 9.17) is 10.2 Å². The molecule has 0 spiro atoms. The lowest BCUT2D eigenvalue weighted by molar-refractivity contribution is 0.101. The van der Waals surface area contributed by atoms with Crippen LogP contribution in [0, 0.1) is 0 Å². The van der Waals surface area contributed by atoms with E-state index in [0.717, 1.165) is 12.8 Å². The van der Waals surface area contributed by atoms with E-state index in [1.54, 1.807) is 12.1 Å². The molecule has 0 aliphatic heterocycles. The molecule has 3 heteroatoms. The molecule has 0 atom stereocenters. The van der Waals surface area contributed by atoms with E-state index in [1.807, 2.05) is 12.1 Å². The predicted octanol–water partition coefficient (Wildman–Crippen LogP) is 2.46. The molecule has 0 unspecified atom stereocenters. The Morgan fingerprint density at radius 3 is 2.78 bits per heavy atom. The molecule has 0 bridgehead atoms. The lowest BCUT2D eigenvalue weighted by Crippen LogP contribution is -2.01. The maximum Gasteiger partial charge on any atom is 0.228 e. The predicted molar refractivity (Wildman–Crippen MR) is 68.5 cm³/mol. The van der Waals surface area contributed by atoms with Crippen molar-refractivity contribution < 1.29 is 9.21 Å². The molecule has 3 nitrogen and oxygen atoms in total. The molecule has 1 aromatic heterocycles. The second kappa shape index (κ2) is 4.42. The standard InChI is InChI=1S/C15H15NO2/c16-9-13-6-7-14(18-13)15(17)12-5-4-10-2-1-3-11(10)8-12/h4-8H,1-3,9,16H2. The Morgan fingerprint density at radius 2 is 2.00 bits per heavy atom. The third-order valence-corrected chi connectivity index (χ3v) is 3.45. The molecular formula is C15H15NO2. The summed E-state index contributed by atoms with van der Waals surface area (Å²) in [5.74, 6) is 0.942. The number of furan rings is 1. The third-order valence-electron chi connectivity index (χ3n) is 3.45. The van der Waals surface area contributed by atoms with Crippen LogP contribution in [-0.2, 0) is 19.4 Å². The number of hydrogen-bond acceptors (Lipinski definition) is 3. The molecule has 2 N–H and O–H groups in total. The van der Waals surface area contributed by atoms with E-state index in [1.165, 1.54) is 17.5 Å². The first-order chi connectivity index (χ1) is 8.78. The van der Waals surface area contributed by atoms with Gasteiger partial charge in [0.05, 0.1) is 6.54 Å². The molecule has 0 saturated carbocycles. The molecule has 1 aliphatic rings. The fourth-order valence-electron chi connectivity index (χ4n) is 2.46. The monoisotopic (exact) mass is 241 g/mol. The van der Waals surface area contributed by atoms with Gasteiger partial charge in [0, 0.05) is 5.56 Å². The van der Waals surface area contributed by atoms with E-state index in [-0.39, 0.29) is 5.78 Å². The van der Waals surface area contributed by atoms with Crippen molar-refractivity contribution in [1.29, 1.82) is 0 Å². The lowest BCUT2D eigenvalue weighted by atomic mass is 10.0. The van der Waals surface area contributed by atoms with Crippen molar-refractivity contribution >= 4 is 5.78 Å². The third kappa shape index (κ3) is 1.87. The number of fused-ring (bicyclic) bond motifs is 1. The fourth-order valence-corrected chi connectivity index (χ4v) is 2.46. The van der Waals surface area contributed by atoms with E-state index >= 15 is 0 Å². The molecule has 0 fully saturated rings. The van der Waals surface area contributed by atoms with Gasteiger partial charge in [-0.15, -0.1) is 0 Å². The van der Waals surface area contributed by atoms with E-state index < -0.39 is 0 Å². The quantitative estimate of drug-likeness (QED) is 0.840. The number of carbonyl (C=O) groups excluding carboxylic acids is 1. The van der Waals surface area contributed by atoms with Gasteiger partial charge in [0.2, 0.25) is 5.78 Å². The van der Waals surface area contributed by atoms with Crippen LogP contribution in [0.15, 0.2) is 34.7 Å². The van der Waals surface area contributed by atoms with Crippen LogP contribution in [0.1, 0.15) is 39.4 Å². The first-order valence-electron chi connectivity index (χ1n) is 6.23. The van der Waals surface area contributed by atoms with Gasteiger partial charge in [-0.1, -0.05) is 12.1 Å². The van der Waals surface area contributed by atoms with Crippen LogP contribution in [0.2, 0.25) is 0 Å². The number of carbonyl (C=O) groups is 1. The van der Waals surface area contributed by atoms with Crippen molar-refractivity contribution in [3.8, 4) is 0 Å². The number of hydrogen-bond donors (Lipinski definition) is 1. The van der Waals surface area contributed by atoms with Crippen LogP contribution in [-0.4, -0.2) is 5.78 Å². The molecular weight excluding hydrogens is 226 g/mol.